The molecule has 3 N–H and O–H groups in total. The Morgan fingerprint density at radius 1 is 1.35 bits per heavy atom. The normalized spacial score (nSPS) is 11.2. The van der Waals surface area contributed by atoms with E-state index in [1.807, 2.05) is 18.2 Å². The van der Waals surface area contributed by atoms with E-state index in [9.17, 15) is 0 Å². The van der Waals surface area contributed by atoms with Crippen LogP contribution in [-0.4, -0.2) is 26.6 Å². The van der Waals surface area contributed by atoms with Crippen molar-refractivity contribution >= 4 is 5.84 Å². The summed E-state index contributed by atoms with van der Waals surface area (Å²) in [5.74, 6) is 7.53. The van der Waals surface area contributed by atoms with Gasteiger partial charge in [0.2, 0.25) is 0 Å². The number of benzene rings is 1. The number of nitrogens with one attached hydrogen (secondary N) is 1. The molecule has 5 nitrogen and oxygen atoms in total. The Hall–Kier alpha value is -1.75. The third kappa shape index (κ3) is 3.35. The Morgan fingerprint density at radius 3 is 2.65 bits per heavy atom. The van der Waals surface area contributed by atoms with E-state index in [0.29, 0.717) is 18.1 Å². The van der Waals surface area contributed by atoms with Crippen LogP contribution in [0.3, 0.4) is 0 Å². The fraction of sp³-hybridized carbons (Fsp3) is 0.417. The molecular weight excluding hydrogens is 218 g/mol. The molecule has 0 aliphatic rings. The Balaban J connectivity index is 3.15. The maximum absolute atomic E-state index is 5.48. The monoisotopic (exact) mass is 237 g/mol. The van der Waals surface area contributed by atoms with Crippen molar-refractivity contribution in [3.8, 4) is 11.5 Å². The largest absolute Gasteiger partial charge is 0.497 e. The van der Waals surface area contributed by atoms with E-state index in [-0.39, 0.29) is 0 Å². The summed E-state index contributed by atoms with van der Waals surface area (Å²) in [6, 6.07) is 5.50. The van der Waals surface area contributed by atoms with Crippen molar-refractivity contribution in [3.05, 3.63) is 23.8 Å². The summed E-state index contributed by atoms with van der Waals surface area (Å²) in [4.78, 5) is 4.36. The number of hydrogen-bond donors (Lipinski definition) is 2. The highest BCUT2D eigenvalue weighted by Gasteiger charge is 2.10. The molecule has 1 aromatic carbocycles. The van der Waals surface area contributed by atoms with Gasteiger partial charge in [0.05, 0.1) is 19.8 Å². The molecule has 0 aromatic heterocycles. The van der Waals surface area contributed by atoms with Crippen molar-refractivity contribution in [1.82, 2.24) is 5.43 Å². The lowest BCUT2D eigenvalue weighted by Crippen LogP contribution is -2.31. The van der Waals surface area contributed by atoms with Gasteiger partial charge in [-0.05, 0) is 24.6 Å². The van der Waals surface area contributed by atoms with Crippen LogP contribution in [-0.2, 0) is 0 Å². The van der Waals surface area contributed by atoms with E-state index in [2.05, 4.69) is 17.3 Å². The van der Waals surface area contributed by atoms with E-state index in [1.165, 1.54) is 0 Å². The minimum Gasteiger partial charge on any atom is -0.497 e. The molecule has 0 fully saturated rings. The highest BCUT2D eigenvalue weighted by atomic mass is 16.5. The number of nitrogens with zero attached hydrogens (tertiary/aromatic N) is 1. The van der Waals surface area contributed by atoms with Crippen molar-refractivity contribution in [2.75, 3.05) is 20.8 Å². The Morgan fingerprint density at radius 2 is 2.12 bits per heavy atom. The molecule has 1 aromatic rings. The van der Waals surface area contributed by atoms with Gasteiger partial charge >= 0.3 is 0 Å². The zero-order valence-electron chi connectivity index (χ0n) is 10.5. The summed E-state index contributed by atoms with van der Waals surface area (Å²) in [5, 5.41) is 0. The van der Waals surface area contributed by atoms with Gasteiger partial charge in [0, 0.05) is 6.54 Å². The molecule has 1 rings (SSSR count). The highest BCUT2D eigenvalue weighted by molar-refractivity contribution is 6.01. The van der Waals surface area contributed by atoms with Gasteiger partial charge in [0.25, 0.3) is 0 Å². The minimum absolute atomic E-state index is 0.600. The van der Waals surface area contributed by atoms with Crippen LogP contribution in [0.4, 0.5) is 0 Å². The standard InChI is InChI=1S/C12H19N3O2/c1-4-7-14-12(15-13)10-8-9(16-2)5-6-11(10)17-3/h5-6,8H,4,7,13H2,1-3H3,(H,14,15). The predicted molar refractivity (Wildman–Crippen MR) is 68.6 cm³/mol. The van der Waals surface area contributed by atoms with Gasteiger partial charge in [-0.3, -0.25) is 4.99 Å². The summed E-state index contributed by atoms with van der Waals surface area (Å²) in [6.45, 7) is 2.76. The molecule has 5 heteroatoms. The number of methoxy groups -OCH3 is 2. The van der Waals surface area contributed by atoms with Crippen LogP contribution < -0.4 is 20.7 Å². The Bertz CT molecular complexity index is 391. The second kappa shape index (κ2) is 6.75. The lowest BCUT2D eigenvalue weighted by molar-refractivity contribution is 0.402. The quantitative estimate of drug-likeness (QED) is 0.351. The first-order valence-electron chi connectivity index (χ1n) is 5.50. The van der Waals surface area contributed by atoms with Crippen molar-refractivity contribution in [3.63, 3.8) is 0 Å². The lowest BCUT2D eigenvalue weighted by atomic mass is 10.1. The topological polar surface area (TPSA) is 68.9 Å². The van der Waals surface area contributed by atoms with E-state index in [1.54, 1.807) is 14.2 Å². The fourth-order valence-corrected chi connectivity index (χ4v) is 1.43. The molecule has 0 aliphatic carbocycles. The second-order valence-corrected chi connectivity index (χ2v) is 3.44. The highest BCUT2D eigenvalue weighted by Crippen LogP contribution is 2.23. The average Bonchev–Trinajstić information content (AvgIpc) is 2.39. The van der Waals surface area contributed by atoms with Gasteiger partial charge in [0.1, 0.15) is 17.3 Å². The van der Waals surface area contributed by atoms with Crippen LogP contribution in [0.1, 0.15) is 18.9 Å². The maximum Gasteiger partial charge on any atom is 0.146 e. The first kappa shape index (κ1) is 13.3. The molecule has 0 radical (unpaired) electrons. The molecule has 0 saturated carbocycles. The number of ether oxygens (including phenoxy) is 2. The average molecular weight is 237 g/mol. The second-order valence-electron chi connectivity index (χ2n) is 3.44. The molecule has 0 atom stereocenters. The van der Waals surface area contributed by atoms with Crippen molar-refractivity contribution < 1.29 is 9.47 Å². The molecule has 0 spiro atoms. The summed E-state index contributed by atoms with van der Waals surface area (Å²) in [6.07, 6.45) is 0.956. The first-order valence-corrected chi connectivity index (χ1v) is 5.50. The van der Waals surface area contributed by atoms with E-state index < -0.39 is 0 Å². The van der Waals surface area contributed by atoms with Crippen molar-refractivity contribution in [1.29, 1.82) is 0 Å². The molecule has 17 heavy (non-hydrogen) atoms. The predicted octanol–water partition coefficient (Wildman–Crippen LogP) is 1.32. The third-order valence-electron chi connectivity index (χ3n) is 2.29. The zero-order chi connectivity index (χ0) is 12.7. The first-order chi connectivity index (χ1) is 8.26. The Labute approximate surface area is 102 Å². The smallest absolute Gasteiger partial charge is 0.146 e. The summed E-state index contributed by atoms with van der Waals surface area (Å²) in [5.41, 5.74) is 3.39. The van der Waals surface area contributed by atoms with Gasteiger partial charge in [-0.25, -0.2) is 5.84 Å². The van der Waals surface area contributed by atoms with Crippen LogP contribution in [0.25, 0.3) is 0 Å². The minimum atomic E-state index is 0.600. The summed E-state index contributed by atoms with van der Waals surface area (Å²) in [7, 11) is 3.23. The number of rotatable bonds is 5. The van der Waals surface area contributed by atoms with E-state index in [0.717, 1.165) is 17.7 Å². The van der Waals surface area contributed by atoms with Crippen LogP contribution in [0.2, 0.25) is 0 Å². The summed E-state index contributed by atoms with van der Waals surface area (Å²) < 4.78 is 10.4. The van der Waals surface area contributed by atoms with Crippen molar-refractivity contribution in [2.45, 2.75) is 13.3 Å². The third-order valence-corrected chi connectivity index (χ3v) is 2.29. The molecule has 0 saturated heterocycles. The maximum atomic E-state index is 5.48. The summed E-state index contributed by atoms with van der Waals surface area (Å²) >= 11 is 0. The molecule has 0 amide bonds. The lowest BCUT2D eigenvalue weighted by Gasteiger charge is -2.12. The molecule has 0 unspecified atom stereocenters. The number of aliphatic imine (C=N–C) groups is 1. The zero-order valence-corrected chi connectivity index (χ0v) is 10.5. The van der Waals surface area contributed by atoms with Gasteiger partial charge in [-0.1, -0.05) is 6.92 Å². The number of amidine groups is 1. The van der Waals surface area contributed by atoms with E-state index in [4.69, 9.17) is 15.3 Å². The molecule has 0 heterocycles. The van der Waals surface area contributed by atoms with E-state index >= 15 is 0 Å². The SMILES string of the molecule is CCCN=C(NN)c1cc(OC)ccc1OC. The fourth-order valence-electron chi connectivity index (χ4n) is 1.43. The van der Waals surface area contributed by atoms with Crippen LogP contribution in [0.5, 0.6) is 11.5 Å². The molecule has 94 valence electrons. The van der Waals surface area contributed by atoms with Gasteiger partial charge in [-0.15, -0.1) is 0 Å². The Kier molecular flexibility index (Phi) is 5.29. The molecule has 0 aliphatic heterocycles. The van der Waals surface area contributed by atoms with Crippen LogP contribution in [0.15, 0.2) is 23.2 Å². The van der Waals surface area contributed by atoms with Gasteiger partial charge < -0.3 is 14.9 Å². The number of nitrogens with two attached hydrogens (primary N) is 1. The molecule has 0 bridgehead atoms. The molecular formula is C12H19N3O2. The van der Waals surface area contributed by atoms with Crippen molar-refractivity contribution in [2.24, 2.45) is 10.8 Å². The van der Waals surface area contributed by atoms with Crippen LogP contribution >= 0.6 is 0 Å². The number of hydrogen-bond acceptors (Lipinski definition) is 4. The van der Waals surface area contributed by atoms with Gasteiger partial charge in [0.15, 0.2) is 0 Å². The number of hydrazine groups is 1. The van der Waals surface area contributed by atoms with Gasteiger partial charge in [-0.2, -0.15) is 0 Å². The van der Waals surface area contributed by atoms with Crippen LogP contribution in [0, 0.1) is 0 Å².